The molecule has 0 bridgehead atoms. The third kappa shape index (κ3) is 4.14. The first-order chi connectivity index (χ1) is 16.3. The van der Waals surface area contributed by atoms with Gasteiger partial charge in [-0.1, -0.05) is 30.3 Å². The van der Waals surface area contributed by atoms with Crippen LogP contribution >= 0.6 is 0 Å². The number of alkyl halides is 3. The minimum absolute atomic E-state index is 0. The van der Waals surface area contributed by atoms with E-state index >= 15 is 0 Å². The fourth-order valence-electron chi connectivity index (χ4n) is 4.21. The number of hydrogen-bond donors (Lipinski definition) is 2. The molecule has 5 rings (SSSR count). The first-order valence-corrected chi connectivity index (χ1v) is 10.7. The summed E-state index contributed by atoms with van der Waals surface area (Å²) < 4.78 is 54.2. The molecule has 1 amide bonds. The van der Waals surface area contributed by atoms with Crippen molar-refractivity contribution in [3.63, 3.8) is 0 Å². The van der Waals surface area contributed by atoms with Crippen LogP contribution in [0, 0.1) is 0 Å². The lowest BCUT2D eigenvalue weighted by atomic mass is 9.94. The van der Waals surface area contributed by atoms with Crippen LogP contribution in [0.25, 0.3) is 11.1 Å². The number of rotatable bonds is 6. The normalized spacial score (nSPS) is 15.6. The van der Waals surface area contributed by atoms with Gasteiger partial charge in [-0.05, 0) is 59.9 Å². The fourth-order valence-corrected chi connectivity index (χ4v) is 4.21. The highest BCUT2D eigenvalue weighted by molar-refractivity contribution is 6.02. The second kappa shape index (κ2) is 8.25. The van der Waals surface area contributed by atoms with Crippen molar-refractivity contribution in [3.05, 3.63) is 71.8 Å². The largest absolute Gasteiger partial charge is 0.573 e. The smallest absolute Gasteiger partial charge is 0.454 e. The summed E-state index contributed by atoms with van der Waals surface area (Å²) in [6.07, 6.45) is -3.57. The Kier molecular flexibility index (Phi) is 5.36. The molecule has 3 aromatic carbocycles. The van der Waals surface area contributed by atoms with Crippen LogP contribution in [0.4, 0.5) is 18.9 Å². The highest BCUT2D eigenvalue weighted by Crippen LogP contribution is 2.51. The van der Waals surface area contributed by atoms with Crippen molar-refractivity contribution in [3.8, 4) is 28.4 Å². The van der Waals surface area contributed by atoms with E-state index in [1.54, 1.807) is 36.4 Å². The van der Waals surface area contributed by atoms with Crippen molar-refractivity contribution >= 4 is 11.6 Å². The molecule has 0 spiro atoms. The zero-order valence-electron chi connectivity index (χ0n) is 17.9. The molecule has 34 heavy (non-hydrogen) atoms. The molecule has 1 heterocycles. The Morgan fingerprint density at radius 1 is 1.03 bits per heavy atom. The average Bonchev–Trinajstić information content (AvgIpc) is 3.50. The van der Waals surface area contributed by atoms with Crippen molar-refractivity contribution in [1.29, 1.82) is 0 Å². The second-order valence-corrected chi connectivity index (χ2v) is 8.22. The molecular weight excluding hydrogens is 449 g/mol. The number of fused-ring (bicyclic) bond motifs is 1. The monoisotopic (exact) mass is 476 g/mol. The van der Waals surface area contributed by atoms with Gasteiger partial charge in [0.1, 0.15) is 5.75 Å². The Morgan fingerprint density at radius 3 is 2.53 bits per heavy atom. The number of anilines is 1. The molecule has 3 N–H and O–H groups in total. The molecule has 2 aliphatic rings. The number of benzene rings is 3. The van der Waals surface area contributed by atoms with Gasteiger partial charge in [-0.3, -0.25) is 4.79 Å². The van der Waals surface area contributed by atoms with Crippen molar-refractivity contribution < 1.29 is 36.5 Å². The number of nitrogens with one attached hydrogen (secondary N) is 1. The van der Waals surface area contributed by atoms with E-state index in [9.17, 15) is 18.0 Å². The van der Waals surface area contributed by atoms with Gasteiger partial charge < -0.3 is 25.3 Å². The molecule has 0 aromatic heterocycles. The van der Waals surface area contributed by atoms with Gasteiger partial charge in [-0.25, -0.2) is 0 Å². The van der Waals surface area contributed by atoms with Crippen LogP contribution in [0.15, 0.2) is 60.7 Å². The SMILES string of the molecule is NCc1ccccc1-c1cc(NC(=O)C2(c3ccc4c(c3)OCO4)CC2)ccc1OC(F)(F)F.[HH].[HH].[HH]. The third-order valence-electron chi connectivity index (χ3n) is 6.10. The summed E-state index contributed by atoms with van der Waals surface area (Å²) in [5.74, 6) is 0.603. The van der Waals surface area contributed by atoms with E-state index in [2.05, 4.69) is 10.1 Å². The van der Waals surface area contributed by atoms with Gasteiger partial charge in [0.25, 0.3) is 0 Å². The van der Waals surface area contributed by atoms with Crippen LogP contribution in [-0.2, 0) is 16.8 Å². The van der Waals surface area contributed by atoms with Gasteiger partial charge in [0.05, 0.1) is 5.41 Å². The molecule has 182 valence electrons. The van der Waals surface area contributed by atoms with Crippen LogP contribution in [0.3, 0.4) is 0 Å². The van der Waals surface area contributed by atoms with Crippen LogP contribution in [0.5, 0.6) is 17.2 Å². The predicted molar refractivity (Wildman–Crippen MR) is 125 cm³/mol. The minimum Gasteiger partial charge on any atom is -0.454 e. The summed E-state index contributed by atoms with van der Waals surface area (Å²) in [6, 6.07) is 16.3. The maximum absolute atomic E-state index is 13.3. The van der Waals surface area contributed by atoms with Crippen LogP contribution in [-0.4, -0.2) is 19.1 Å². The number of halogens is 3. The molecule has 3 aromatic rings. The molecule has 0 saturated heterocycles. The zero-order chi connectivity index (χ0) is 23.9. The molecule has 6 nitrogen and oxygen atoms in total. The van der Waals surface area contributed by atoms with Gasteiger partial charge >= 0.3 is 6.36 Å². The molecule has 0 atom stereocenters. The van der Waals surface area contributed by atoms with Crippen molar-refractivity contribution in [2.45, 2.75) is 31.2 Å². The first-order valence-electron chi connectivity index (χ1n) is 10.7. The zero-order valence-corrected chi connectivity index (χ0v) is 17.9. The standard InChI is InChI=1S/C25H21F3N2O4.3H2/c26-25(27,28)34-20-8-6-17(12-19(20)18-4-2-1-3-15(18)13-29)30-23(31)24(9-10-24)16-5-7-21-22(11-16)33-14-32-21;;;/h1-8,11-12H,9-10,13-14,29H2,(H,30,31);3*1H. The molecule has 1 fully saturated rings. The number of carbonyl (C=O) groups is 1. The van der Waals surface area contributed by atoms with E-state index in [1.807, 2.05) is 6.07 Å². The second-order valence-electron chi connectivity index (χ2n) is 8.22. The van der Waals surface area contributed by atoms with E-state index in [1.165, 1.54) is 18.2 Å². The van der Waals surface area contributed by atoms with E-state index in [4.69, 9.17) is 15.2 Å². The summed E-state index contributed by atoms with van der Waals surface area (Å²) in [5, 5.41) is 2.87. The summed E-state index contributed by atoms with van der Waals surface area (Å²) in [5.41, 5.74) is 7.57. The third-order valence-corrected chi connectivity index (χ3v) is 6.10. The summed E-state index contributed by atoms with van der Waals surface area (Å²) >= 11 is 0. The Morgan fingerprint density at radius 2 is 1.79 bits per heavy atom. The quantitative estimate of drug-likeness (QED) is 0.467. The van der Waals surface area contributed by atoms with E-state index in [0.29, 0.717) is 41.2 Å². The maximum Gasteiger partial charge on any atom is 0.573 e. The van der Waals surface area contributed by atoms with Gasteiger partial charge in [0.2, 0.25) is 12.7 Å². The van der Waals surface area contributed by atoms with Crippen molar-refractivity contribution in [2.75, 3.05) is 12.1 Å². The lowest BCUT2D eigenvalue weighted by Crippen LogP contribution is -2.27. The maximum atomic E-state index is 13.3. The highest BCUT2D eigenvalue weighted by atomic mass is 19.4. The number of nitrogens with two attached hydrogens (primary N) is 1. The van der Waals surface area contributed by atoms with E-state index < -0.39 is 11.8 Å². The molecule has 0 unspecified atom stereocenters. The van der Waals surface area contributed by atoms with E-state index in [0.717, 1.165) is 5.56 Å². The van der Waals surface area contributed by atoms with Gasteiger partial charge in [-0.2, -0.15) is 0 Å². The van der Waals surface area contributed by atoms with Crippen molar-refractivity contribution in [1.82, 2.24) is 0 Å². The number of carbonyl (C=O) groups excluding carboxylic acids is 1. The van der Waals surface area contributed by atoms with Gasteiger partial charge in [0, 0.05) is 22.1 Å². The molecular formula is C25H27F3N2O4. The summed E-state index contributed by atoms with van der Waals surface area (Å²) in [7, 11) is 0. The lowest BCUT2D eigenvalue weighted by Gasteiger charge is -2.19. The number of hydrogen-bond acceptors (Lipinski definition) is 5. The Balaban J connectivity index is 0.00000160. The van der Waals surface area contributed by atoms with Gasteiger partial charge in [0.15, 0.2) is 11.5 Å². The average molecular weight is 476 g/mol. The topological polar surface area (TPSA) is 82.8 Å². The minimum atomic E-state index is -4.87. The molecule has 1 aliphatic heterocycles. The lowest BCUT2D eigenvalue weighted by molar-refractivity contribution is -0.274. The molecule has 1 aliphatic carbocycles. The molecule has 9 heteroatoms. The Hall–Kier alpha value is -3.72. The highest BCUT2D eigenvalue weighted by Gasteiger charge is 2.51. The molecule has 1 saturated carbocycles. The summed E-state index contributed by atoms with van der Waals surface area (Å²) in [4.78, 5) is 13.3. The van der Waals surface area contributed by atoms with Crippen molar-refractivity contribution in [2.24, 2.45) is 5.73 Å². The first kappa shape index (κ1) is 22.1. The Labute approximate surface area is 197 Å². The molecule has 0 radical (unpaired) electrons. The number of amides is 1. The van der Waals surface area contributed by atoms with Crippen LogP contribution in [0.2, 0.25) is 0 Å². The van der Waals surface area contributed by atoms with Gasteiger partial charge in [-0.15, -0.1) is 13.2 Å². The van der Waals surface area contributed by atoms with E-state index in [-0.39, 0.29) is 34.8 Å². The predicted octanol–water partition coefficient (Wildman–Crippen LogP) is 5.85. The fraction of sp³-hybridized carbons (Fsp3) is 0.240. The number of ether oxygens (including phenoxy) is 3. The van der Waals surface area contributed by atoms with Crippen LogP contribution in [0.1, 0.15) is 28.2 Å². The van der Waals surface area contributed by atoms with Crippen LogP contribution < -0.4 is 25.3 Å². The summed E-state index contributed by atoms with van der Waals surface area (Å²) in [6.45, 7) is 0.267. The Bertz CT molecular complexity index is 1270.